The zero-order chi connectivity index (χ0) is 13.3. The third kappa shape index (κ3) is 2.48. The number of halogens is 3. The van der Waals surface area contributed by atoms with E-state index in [1.54, 1.807) is 13.2 Å². The molecule has 18 heavy (non-hydrogen) atoms. The molecule has 0 N–H and O–H groups in total. The number of carbonyl (C=O) groups is 1. The van der Waals surface area contributed by atoms with Gasteiger partial charge in [0.15, 0.2) is 5.78 Å². The third-order valence-electron chi connectivity index (χ3n) is 2.48. The second kappa shape index (κ2) is 4.97. The molecule has 1 heterocycles. The molecule has 0 radical (unpaired) electrons. The molecule has 94 valence electrons. The van der Waals surface area contributed by atoms with E-state index in [9.17, 15) is 13.6 Å². The molecule has 0 saturated carbocycles. The van der Waals surface area contributed by atoms with Crippen molar-refractivity contribution in [1.29, 1.82) is 0 Å². The molecule has 0 spiro atoms. The Bertz CT molecular complexity index is 610. The van der Waals surface area contributed by atoms with E-state index >= 15 is 0 Å². The SMILES string of the molecule is Cn1ccc(C(=O)Cc2c(F)ccc(Br)c2F)n1. The fourth-order valence-electron chi connectivity index (χ4n) is 1.55. The van der Waals surface area contributed by atoms with E-state index in [-0.39, 0.29) is 22.2 Å². The van der Waals surface area contributed by atoms with Crippen molar-refractivity contribution in [1.82, 2.24) is 9.78 Å². The smallest absolute Gasteiger partial charge is 0.187 e. The van der Waals surface area contributed by atoms with E-state index in [1.165, 1.54) is 16.8 Å². The van der Waals surface area contributed by atoms with Crippen LogP contribution in [0.1, 0.15) is 16.1 Å². The van der Waals surface area contributed by atoms with Crippen LogP contribution in [0.25, 0.3) is 0 Å². The van der Waals surface area contributed by atoms with Gasteiger partial charge >= 0.3 is 0 Å². The van der Waals surface area contributed by atoms with Gasteiger partial charge in [-0.1, -0.05) is 0 Å². The summed E-state index contributed by atoms with van der Waals surface area (Å²) in [6.45, 7) is 0. The zero-order valence-electron chi connectivity index (χ0n) is 9.45. The average molecular weight is 315 g/mol. The topological polar surface area (TPSA) is 34.9 Å². The molecule has 2 aromatic rings. The number of hydrogen-bond acceptors (Lipinski definition) is 2. The molecule has 0 bridgehead atoms. The highest BCUT2D eigenvalue weighted by molar-refractivity contribution is 9.10. The van der Waals surface area contributed by atoms with Crippen molar-refractivity contribution in [2.24, 2.45) is 7.05 Å². The molecule has 0 unspecified atom stereocenters. The summed E-state index contributed by atoms with van der Waals surface area (Å²) in [5, 5.41) is 3.90. The lowest BCUT2D eigenvalue weighted by Crippen LogP contribution is -2.09. The molecule has 1 aromatic carbocycles. The second-order valence-electron chi connectivity index (χ2n) is 3.80. The first-order chi connectivity index (χ1) is 8.49. The van der Waals surface area contributed by atoms with Crippen molar-refractivity contribution in [3.8, 4) is 0 Å². The van der Waals surface area contributed by atoms with Crippen LogP contribution in [0.5, 0.6) is 0 Å². The predicted octanol–water partition coefficient (Wildman–Crippen LogP) is 2.89. The van der Waals surface area contributed by atoms with Gasteiger partial charge in [-0.05, 0) is 34.1 Å². The molecule has 0 atom stereocenters. The lowest BCUT2D eigenvalue weighted by molar-refractivity contribution is 0.0985. The molecule has 1 aromatic heterocycles. The van der Waals surface area contributed by atoms with Gasteiger partial charge in [-0.15, -0.1) is 0 Å². The van der Waals surface area contributed by atoms with Crippen molar-refractivity contribution in [2.45, 2.75) is 6.42 Å². The van der Waals surface area contributed by atoms with Gasteiger partial charge in [-0.2, -0.15) is 5.10 Å². The number of carbonyl (C=O) groups excluding carboxylic acids is 1. The number of Topliss-reactive ketones (excluding diaryl/α,β-unsaturated/α-hetero) is 1. The normalized spacial score (nSPS) is 10.7. The minimum absolute atomic E-state index is 0.132. The first-order valence-corrected chi connectivity index (χ1v) is 5.93. The highest BCUT2D eigenvalue weighted by Crippen LogP contribution is 2.22. The maximum Gasteiger partial charge on any atom is 0.187 e. The number of rotatable bonds is 3. The Labute approximate surface area is 111 Å². The first-order valence-electron chi connectivity index (χ1n) is 5.14. The van der Waals surface area contributed by atoms with E-state index in [4.69, 9.17) is 0 Å². The Morgan fingerprint density at radius 1 is 1.39 bits per heavy atom. The number of benzene rings is 1. The van der Waals surface area contributed by atoms with Gasteiger partial charge in [0.1, 0.15) is 17.3 Å². The molecule has 0 amide bonds. The quantitative estimate of drug-likeness (QED) is 0.645. The van der Waals surface area contributed by atoms with Crippen molar-refractivity contribution in [3.05, 3.63) is 51.8 Å². The molecule has 0 aliphatic heterocycles. The Kier molecular flexibility index (Phi) is 3.56. The van der Waals surface area contributed by atoms with E-state index in [0.29, 0.717) is 0 Å². The highest BCUT2D eigenvalue weighted by Gasteiger charge is 2.18. The fourth-order valence-corrected chi connectivity index (χ4v) is 1.92. The number of nitrogens with zero attached hydrogens (tertiary/aromatic N) is 2. The summed E-state index contributed by atoms with van der Waals surface area (Å²) in [6, 6.07) is 3.89. The van der Waals surface area contributed by atoms with Crippen LogP contribution in [0.15, 0.2) is 28.9 Å². The Hall–Kier alpha value is -1.56. The highest BCUT2D eigenvalue weighted by atomic mass is 79.9. The summed E-state index contributed by atoms with van der Waals surface area (Å²) in [5.74, 6) is -1.91. The van der Waals surface area contributed by atoms with Crippen LogP contribution in [-0.4, -0.2) is 15.6 Å². The van der Waals surface area contributed by atoms with Gasteiger partial charge in [0.25, 0.3) is 0 Å². The standard InChI is InChI=1S/C12H9BrF2N2O/c1-17-5-4-10(16-17)11(18)6-7-9(14)3-2-8(13)12(7)15/h2-5H,6H2,1H3. The zero-order valence-corrected chi connectivity index (χ0v) is 11.0. The summed E-state index contributed by atoms with van der Waals surface area (Å²) in [7, 11) is 1.66. The van der Waals surface area contributed by atoms with Crippen molar-refractivity contribution in [3.63, 3.8) is 0 Å². The molecule has 0 saturated heterocycles. The monoisotopic (exact) mass is 314 g/mol. The molecule has 0 aliphatic rings. The molecular formula is C12H9BrF2N2O. The second-order valence-corrected chi connectivity index (χ2v) is 4.65. The number of aryl methyl sites for hydroxylation is 1. The van der Waals surface area contributed by atoms with E-state index in [0.717, 1.165) is 6.07 Å². The minimum Gasteiger partial charge on any atom is -0.292 e. The van der Waals surface area contributed by atoms with Crippen molar-refractivity contribution < 1.29 is 13.6 Å². The van der Waals surface area contributed by atoms with Crippen LogP contribution in [0.4, 0.5) is 8.78 Å². The van der Waals surface area contributed by atoms with Crippen molar-refractivity contribution in [2.75, 3.05) is 0 Å². The maximum absolute atomic E-state index is 13.7. The molecule has 6 heteroatoms. The summed E-state index contributed by atoms with van der Waals surface area (Å²) in [4.78, 5) is 11.8. The van der Waals surface area contributed by atoms with E-state index < -0.39 is 17.4 Å². The lowest BCUT2D eigenvalue weighted by atomic mass is 10.1. The van der Waals surface area contributed by atoms with Crippen LogP contribution < -0.4 is 0 Å². The average Bonchev–Trinajstić information content (AvgIpc) is 2.76. The van der Waals surface area contributed by atoms with Gasteiger partial charge in [0.05, 0.1) is 4.47 Å². The number of aromatic nitrogens is 2. The lowest BCUT2D eigenvalue weighted by Gasteiger charge is -2.04. The van der Waals surface area contributed by atoms with Gasteiger partial charge in [0.2, 0.25) is 0 Å². The molecular weight excluding hydrogens is 306 g/mol. The van der Waals surface area contributed by atoms with Crippen molar-refractivity contribution >= 4 is 21.7 Å². The number of hydrogen-bond donors (Lipinski definition) is 0. The van der Waals surface area contributed by atoms with Crippen LogP contribution in [-0.2, 0) is 13.5 Å². The largest absolute Gasteiger partial charge is 0.292 e. The molecule has 2 rings (SSSR count). The summed E-state index contributed by atoms with van der Waals surface area (Å²) in [6.07, 6.45) is 1.25. The maximum atomic E-state index is 13.7. The number of ketones is 1. The Balaban J connectivity index is 2.30. The Morgan fingerprint density at radius 2 is 2.11 bits per heavy atom. The summed E-state index contributed by atoms with van der Waals surface area (Å²) < 4.78 is 28.7. The molecule has 0 fully saturated rings. The summed E-state index contributed by atoms with van der Waals surface area (Å²) >= 11 is 2.96. The predicted molar refractivity (Wildman–Crippen MR) is 65.3 cm³/mol. The van der Waals surface area contributed by atoms with Crippen LogP contribution in [0.2, 0.25) is 0 Å². The van der Waals surface area contributed by atoms with E-state index in [1.807, 2.05) is 0 Å². The van der Waals surface area contributed by atoms with E-state index in [2.05, 4.69) is 21.0 Å². The van der Waals surface area contributed by atoms with Crippen LogP contribution in [0.3, 0.4) is 0 Å². The van der Waals surface area contributed by atoms with Gasteiger partial charge in [-0.3, -0.25) is 9.48 Å². The van der Waals surface area contributed by atoms with Gasteiger partial charge in [-0.25, -0.2) is 8.78 Å². The third-order valence-corrected chi connectivity index (χ3v) is 3.09. The van der Waals surface area contributed by atoms with Gasteiger partial charge in [0, 0.05) is 25.2 Å². The van der Waals surface area contributed by atoms with Crippen LogP contribution >= 0.6 is 15.9 Å². The minimum atomic E-state index is -0.751. The summed E-state index contributed by atoms with van der Waals surface area (Å²) in [5.41, 5.74) is -0.0590. The first kappa shape index (κ1) is 12.9. The molecule has 3 nitrogen and oxygen atoms in total. The van der Waals surface area contributed by atoms with Gasteiger partial charge < -0.3 is 0 Å². The van der Waals surface area contributed by atoms with Crippen LogP contribution in [0, 0.1) is 11.6 Å². The fraction of sp³-hybridized carbons (Fsp3) is 0.167. The Morgan fingerprint density at radius 3 is 2.72 bits per heavy atom. The molecule has 0 aliphatic carbocycles.